The molecular weight excluding hydrogens is 295 g/mol. The second-order valence-electron chi connectivity index (χ2n) is 4.77. The van der Waals surface area contributed by atoms with E-state index in [0.717, 1.165) is 12.1 Å². The predicted molar refractivity (Wildman–Crippen MR) is 66.6 cm³/mol. The van der Waals surface area contributed by atoms with Gasteiger partial charge in [0.05, 0.1) is 22.5 Å². The molecule has 108 valence electrons. The van der Waals surface area contributed by atoms with Gasteiger partial charge in [-0.05, 0) is 32.0 Å². The summed E-state index contributed by atoms with van der Waals surface area (Å²) in [5, 5.41) is 17.2. The van der Waals surface area contributed by atoms with Gasteiger partial charge in [0.25, 0.3) is 0 Å². The molecule has 1 aromatic heterocycles. The molecule has 1 aromatic carbocycles. The Balaban J connectivity index is 2.42. The Labute approximate surface area is 117 Å². The monoisotopic (exact) mass is 305 g/mol. The van der Waals surface area contributed by atoms with Crippen LogP contribution in [0, 0.1) is 0 Å². The molecule has 0 bridgehead atoms. The SMILES string of the molecule is CC(C)(O)c1cn(-c2ccc(C(F)(F)F)cc2Cl)nn1. The lowest BCUT2D eigenvalue weighted by molar-refractivity contribution is -0.137. The summed E-state index contributed by atoms with van der Waals surface area (Å²) < 4.78 is 38.8. The van der Waals surface area contributed by atoms with E-state index in [4.69, 9.17) is 11.6 Å². The Bertz CT molecular complexity index is 632. The largest absolute Gasteiger partial charge is 0.416 e. The van der Waals surface area contributed by atoms with Crippen LogP contribution in [-0.2, 0) is 11.8 Å². The quantitative estimate of drug-likeness (QED) is 0.927. The highest BCUT2D eigenvalue weighted by Gasteiger charge is 2.31. The van der Waals surface area contributed by atoms with E-state index in [1.807, 2.05) is 0 Å². The van der Waals surface area contributed by atoms with Crippen molar-refractivity contribution in [1.29, 1.82) is 0 Å². The summed E-state index contributed by atoms with van der Waals surface area (Å²) in [5.74, 6) is 0. The molecule has 2 aromatic rings. The molecule has 2 rings (SSSR count). The summed E-state index contributed by atoms with van der Waals surface area (Å²) in [5.41, 5.74) is -1.50. The number of hydrogen-bond donors (Lipinski definition) is 1. The highest BCUT2D eigenvalue weighted by molar-refractivity contribution is 6.32. The molecular formula is C12H11ClF3N3O. The van der Waals surface area contributed by atoms with E-state index in [9.17, 15) is 18.3 Å². The van der Waals surface area contributed by atoms with Gasteiger partial charge in [-0.15, -0.1) is 5.10 Å². The third-order valence-corrected chi connectivity index (χ3v) is 2.94. The maximum Gasteiger partial charge on any atom is 0.416 e. The first-order valence-electron chi connectivity index (χ1n) is 5.61. The molecule has 0 fully saturated rings. The second kappa shape index (κ2) is 4.75. The molecule has 1 N–H and O–H groups in total. The van der Waals surface area contributed by atoms with Crippen LogP contribution in [-0.4, -0.2) is 20.1 Å². The minimum absolute atomic E-state index is 0.105. The molecule has 0 saturated carbocycles. The molecule has 0 unspecified atom stereocenters. The Morgan fingerprint density at radius 1 is 1.25 bits per heavy atom. The first-order chi connectivity index (χ1) is 9.09. The van der Waals surface area contributed by atoms with Gasteiger partial charge >= 0.3 is 6.18 Å². The van der Waals surface area contributed by atoms with E-state index in [0.29, 0.717) is 0 Å². The summed E-state index contributed by atoms with van der Waals surface area (Å²) >= 11 is 5.84. The summed E-state index contributed by atoms with van der Waals surface area (Å²) in [4.78, 5) is 0. The number of benzene rings is 1. The third-order valence-electron chi connectivity index (χ3n) is 2.64. The molecule has 0 atom stereocenters. The molecule has 20 heavy (non-hydrogen) atoms. The zero-order chi connectivity index (χ0) is 15.1. The molecule has 0 aliphatic rings. The van der Waals surface area contributed by atoms with Crippen molar-refractivity contribution in [2.45, 2.75) is 25.6 Å². The van der Waals surface area contributed by atoms with Crippen molar-refractivity contribution in [3.63, 3.8) is 0 Å². The summed E-state index contributed by atoms with van der Waals surface area (Å²) in [6.07, 6.45) is -3.04. The lowest BCUT2D eigenvalue weighted by Crippen LogP contribution is -2.15. The van der Waals surface area contributed by atoms with Gasteiger partial charge < -0.3 is 5.11 Å². The average molecular weight is 306 g/mol. The number of nitrogens with zero attached hydrogens (tertiary/aromatic N) is 3. The Kier molecular flexibility index (Phi) is 3.51. The molecule has 1 heterocycles. The molecule has 0 aliphatic heterocycles. The van der Waals surface area contributed by atoms with Crippen molar-refractivity contribution < 1.29 is 18.3 Å². The number of hydrogen-bond acceptors (Lipinski definition) is 3. The zero-order valence-electron chi connectivity index (χ0n) is 10.6. The smallest absolute Gasteiger partial charge is 0.384 e. The lowest BCUT2D eigenvalue weighted by Gasteiger charge is -2.12. The van der Waals surface area contributed by atoms with Crippen molar-refractivity contribution in [2.75, 3.05) is 0 Å². The fraction of sp³-hybridized carbons (Fsp3) is 0.333. The van der Waals surface area contributed by atoms with Crippen molar-refractivity contribution in [3.05, 3.63) is 40.7 Å². The first-order valence-corrected chi connectivity index (χ1v) is 5.99. The minimum atomic E-state index is -4.46. The second-order valence-corrected chi connectivity index (χ2v) is 5.18. The fourth-order valence-corrected chi connectivity index (χ4v) is 1.80. The van der Waals surface area contributed by atoms with Crippen LogP contribution >= 0.6 is 11.6 Å². The summed E-state index contributed by atoms with van der Waals surface area (Å²) in [6.45, 7) is 3.05. The molecule has 0 radical (unpaired) electrons. The van der Waals surface area contributed by atoms with Crippen LogP contribution in [0.4, 0.5) is 13.2 Å². The van der Waals surface area contributed by atoms with E-state index in [1.165, 1.54) is 30.8 Å². The van der Waals surface area contributed by atoms with Crippen LogP contribution < -0.4 is 0 Å². The predicted octanol–water partition coefficient (Wildman–Crippen LogP) is 3.17. The topological polar surface area (TPSA) is 50.9 Å². The standard InChI is InChI=1S/C12H11ClF3N3O/c1-11(2,20)10-6-19(18-17-10)9-4-3-7(5-8(9)13)12(14,15)16/h3-6,20H,1-2H3. The number of rotatable bonds is 2. The van der Waals surface area contributed by atoms with Crippen LogP contribution in [0.25, 0.3) is 5.69 Å². The van der Waals surface area contributed by atoms with Crippen molar-refractivity contribution in [3.8, 4) is 5.69 Å². The number of aromatic nitrogens is 3. The maximum absolute atomic E-state index is 12.5. The Hall–Kier alpha value is -1.60. The van der Waals surface area contributed by atoms with Crippen LogP contribution in [0.5, 0.6) is 0 Å². The summed E-state index contributed by atoms with van der Waals surface area (Å²) in [7, 11) is 0. The van der Waals surface area contributed by atoms with Gasteiger partial charge in [0.1, 0.15) is 11.3 Å². The Morgan fingerprint density at radius 2 is 1.90 bits per heavy atom. The fourth-order valence-electron chi connectivity index (χ4n) is 1.53. The molecule has 8 heteroatoms. The van der Waals surface area contributed by atoms with E-state index < -0.39 is 17.3 Å². The minimum Gasteiger partial charge on any atom is -0.384 e. The van der Waals surface area contributed by atoms with E-state index in [2.05, 4.69) is 10.3 Å². The van der Waals surface area contributed by atoms with E-state index in [-0.39, 0.29) is 16.4 Å². The highest BCUT2D eigenvalue weighted by Crippen LogP contribution is 2.33. The number of alkyl halides is 3. The molecule has 0 aliphatic carbocycles. The van der Waals surface area contributed by atoms with Gasteiger partial charge in [0.2, 0.25) is 0 Å². The first kappa shape index (κ1) is 14.8. The maximum atomic E-state index is 12.5. The van der Waals surface area contributed by atoms with Gasteiger partial charge in [-0.1, -0.05) is 16.8 Å². The molecule has 0 saturated heterocycles. The molecule has 0 amide bonds. The van der Waals surface area contributed by atoms with Gasteiger partial charge in [-0.2, -0.15) is 13.2 Å². The lowest BCUT2D eigenvalue weighted by atomic mass is 10.1. The Morgan fingerprint density at radius 3 is 2.35 bits per heavy atom. The van der Waals surface area contributed by atoms with Crippen molar-refractivity contribution >= 4 is 11.6 Å². The van der Waals surface area contributed by atoms with Crippen molar-refractivity contribution in [1.82, 2.24) is 15.0 Å². The van der Waals surface area contributed by atoms with Crippen LogP contribution in [0.1, 0.15) is 25.1 Å². The highest BCUT2D eigenvalue weighted by atomic mass is 35.5. The third kappa shape index (κ3) is 2.94. The zero-order valence-corrected chi connectivity index (χ0v) is 11.4. The normalized spacial score (nSPS) is 12.8. The summed E-state index contributed by atoms with van der Waals surface area (Å²) in [6, 6.07) is 2.93. The van der Waals surface area contributed by atoms with Gasteiger partial charge in [-0.3, -0.25) is 0 Å². The van der Waals surface area contributed by atoms with E-state index in [1.54, 1.807) is 0 Å². The van der Waals surface area contributed by atoms with Crippen LogP contribution in [0.3, 0.4) is 0 Å². The molecule has 4 nitrogen and oxygen atoms in total. The van der Waals surface area contributed by atoms with Crippen LogP contribution in [0.2, 0.25) is 5.02 Å². The van der Waals surface area contributed by atoms with Gasteiger partial charge in [0.15, 0.2) is 0 Å². The number of aliphatic hydroxyl groups is 1. The van der Waals surface area contributed by atoms with Crippen LogP contribution in [0.15, 0.2) is 24.4 Å². The molecule has 0 spiro atoms. The average Bonchev–Trinajstić information content (AvgIpc) is 2.76. The van der Waals surface area contributed by atoms with Crippen molar-refractivity contribution in [2.24, 2.45) is 0 Å². The van der Waals surface area contributed by atoms with Gasteiger partial charge in [-0.25, -0.2) is 4.68 Å². The van der Waals surface area contributed by atoms with Gasteiger partial charge in [0, 0.05) is 0 Å². The number of halogens is 4. The van der Waals surface area contributed by atoms with E-state index >= 15 is 0 Å².